The van der Waals surface area contributed by atoms with E-state index >= 15 is 0 Å². The zero-order valence-corrected chi connectivity index (χ0v) is 11.9. The topological polar surface area (TPSA) is 29.5 Å². The number of benzene rings is 1. The van der Waals surface area contributed by atoms with Gasteiger partial charge in [0.25, 0.3) is 0 Å². The Morgan fingerprint density at radius 3 is 2.90 bits per heavy atom. The van der Waals surface area contributed by atoms with Gasteiger partial charge in [-0.15, -0.1) is 0 Å². The highest BCUT2D eigenvalue weighted by molar-refractivity contribution is 5.76. The van der Waals surface area contributed by atoms with Crippen LogP contribution in [0, 0.1) is 11.7 Å². The highest BCUT2D eigenvalue weighted by atomic mass is 19.1. The molecule has 1 aromatic carbocycles. The number of halogens is 1. The number of carbonyl (C=O) groups excluding carboxylic acids is 1. The first-order valence-corrected chi connectivity index (χ1v) is 6.83. The third-order valence-corrected chi connectivity index (χ3v) is 3.61. The highest BCUT2D eigenvalue weighted by Crippen LogP contribution is 2.22. The number of ether oxygens (including phenoxy) is 1. The third-order valence-electron chi connectivity index (χ3n) is 3.61. The summed E-state index contributed by atoms with van der Waals surface area (Å²) in [7, 11) is 3.19. The summed E-state index contributed by atoms with van der Waals surface area (Å²) >= 11 is 0. The second-order valence-corrected chi connectivity index (χ2v) is 5.19. The Morgan fingerprint density at radius 2 is 2.30 bits per heavy atom. The maximum Gasteiger partial charge on any atom is 0.223 e. The molecule has 0 N–H and O–H groups in total. The van der Waals surface area contributed by atoms with Gasteiger partial charge in [-0.05, 0) is 36.5 Å². The molecule has 4 heteroatoms. The summed E-state index contributed by atoms with van der Waals surface area (Å²) in [5.74, 6) is 0.277. The molecule has 1 aliphatic rings. The maximum atomic E-state index is 13.6. The molecule has 1 amide bonds. The van der Waals surface area contributed by atoms with E-state index in [0.717, 1.165) is 18.4 Å². The van der Waals surface area contributed by atoms with Crippen molar-refractivity contribution in [1.82, 2.24) is 4.90 Å². The van der Waals surface area contributed by atoms with Crippen LogP contribution in [0.4, 0.5) is 4.39 Å². The lowest BCUT2D eigenvalue weighted by molar-refractivity contribution is -0.131. The SMILES string of the molecule is COc1ccc(CN(C)C(=O)CC2C=CCC2)cc1F. The third kappa shape index (κ3) is 3.59. The van der Waals surface area contributed by atoms with E-state index in [1.165, 1.54) is 13.2 Å². The molecule has 0 radical (unpaired) electrons. The molecule has 2 rings (SSSR count). The largest absolute Gasteiger partial charge is 0.494 e. The highest BCUT2D eigenvalue weighted by Gasteiger charge is 2.17. The van der Waals surface area contributed by atoms with Gasteiger partial charge in [0, 0.05) is 20.0 Å². The van der Waals surface area contributed by atoms with E-state index in [0.29, 0.717) is 18.9 Å². The van der Waals surface area contributed by atoms with Gasteiger partial charge >= 0.3 is 0 Å². The first-order chi connectivity index (χ1) is 9.60. The fraction of sp³-hybridized carbons (Fsp3) is 0.438. The lowest BCUT2D eigenvalue weighted by atomic mass is 10.0. The van der Waals surface area contributed by atoms with Crippen molar-refractivity contribution in [2.75, 3.05) is 14.2 Å². The van der Waals surface area contributed by atoms with Gasteiger partial charge in [0.1, 0.15) is 0 Å². The van der Waals surface area contributed by atoms with Gasteiger partial charge in [-0.3, -0.25) is 4.79 Å². The fourth-order valence-corrected chi connectivity index (χ4v) is 2.42. The molecule has 1 aliphatic carbocycles. The van der Waals surface area contributed by atoms with Crippen LogP contribution in [0.15, 0.2) is 30.4 Å². The van der Waals surface area contributed by atoms with Crippen molar-refractivity contribution in [1.29, 1.82) is 0 Å². The Kier molecular flexibility index (Phi) is 4.77. The minimum Gasteiger partial charge on any atom is -0.494 e. The van der Waals surface area contributed by atoms with E-state index in [4.69, 9.17) is 4.74 Å². The summed E-state index contributed by atoms with van der Waals surface area (Å²) in [6.45, 7) is 0.413. The van der Waals surface area contributed by atoms with Gasteiger partial charge in [-0.2, -0.15) is 0 Å². The Morgan fingerprint density at radius 1 is 1.50 bits per heavy atom. The summed E-state index contributed by atoms with van der Waals surface area (Å²) in [6.07, 6.45) is 6.88. The standard InChI is InChI=1S/C16H20FNO2/c1-18(16(19)10-12-5-3-4-6-12)11-13-7-8-15(20-2)14(17)9-13/h3,5,7-9,12H,4,6,10-11H2,1-2H3. The van der Waals surface area contributed by atoms with Crippen LogP contribution < -0.4 is 4.74 Å². The monoisotopic (exact) mass is 277 g/mol. The smallest absolute Gasteiger partial charge is 0.223 e. The Labute approximate surface area is 119 Å². The quantitative estimate of drug-likeness (QED) is 0.774. The normalized spacial score (nSPS) is 17.2. The molecule has 3 nitrogen and oxygen atoms in total. The molecule has 0 aromatic heterocycles. The van der Waals surface area contributed by atoms with Crippen LogP contribution in [0.25, 0.3) is 0 Å². The van der Waals surface area contributed by atoms with Gasteiger partial charge in [0.15, 0.2) is 11.6 Å². The molecule has 20 heavy (non-hydrogen) atoms. The molecule has 1 aromatic rings. The van der Waals surface area contributed by atoms with Crippen LogP contribution in [0.2, 0.25) is 0 Å². The molecule has 0 spiro atoms. The summed E-state index contributed by atoms with van der Waals surface area (Å²) in [5, 5.41) is 0. The van der Waals surface area contributed by atoms with Crippen LogP contribution in [0.3, 0.4) is 0 Å². The van der Waals surface area contributed by atoms with Crippen molar-refractivity contribution >= 4 is 5.91 Å². The molecule has 0 aliphatic heterocycles. The van der Waals surface area contributed by atoms with Crippen molar-refractivity contribution in [2.45, 2.75) is 25.8 Å². The first-order valence-electron chi connectivity index (χ1n) is 6.83. The molecular weight excluding hydrogens is 257 g/mol. The Bertz CT molecular complexity index is 513. The molecule has 0 heterocycles. The molecule has 0 fully saturated rings. The van der Waals surface area contributed by atoms with Crippen LogP contribution in [-0.2, 0) is 11.3 Å². The number of carbonyl (C=O) groups is 1. The van der Waals surface area contributed by atoms with Crippen LogP contribution >= 0.6 is 0 Å². The minimum atomic E-state index is -0.399. The van der Waals surface area contributed by atoms with Crippen LogP contribution in [0.1, 0.15) is 24.8 Å². The number of amides is 1. The van der Waals surface area contributed by atoms with Crippen molar-refractivity contribution in [2.24, 2.45) is 5.92 Å². The number of hydrogen-bond donors (Lipinski definition) is 0. The number of nitrogens with zero attached hydrogens (tertiary/aromatic N) is 1. The van der Waals surface area contributed by atoms with E-state index < -0.39 is 5.82 Å². The predicted molar refractivity (Wildman–Crippen MR) is 75.9 cm³/mol. The molecule has 0 saturated heterocycles. The van der Waals surface area contributed by atoms with E-state index in [9.17, 15) is 9.18 Å². The Balaban J connectivity index is 1.92. The molecule has 0 saturated carbocycles. The van der Waals surface area contributed by atoms with Gasteiger partial charge in [-0.1, -0.05) is 18.2 Å². The van der Waals surface area contributed by atoms with Gasteiger partial charge < -0.3 is 9.64 Å². The van der Waals surface area contributed by atoms with E-state index in [-0.39, 0.29) is 11.7 Å². The average Bonchev–Trinajstić information content (AvgIpc) is 2.91. The minimum absolute atomic E-state index is 0.0952. The van der Waals surface area contributed by atoms with Crippen LogP contribution in [0.5, 0.6) is 5.75 Å². The van der Waals surface area contributed by atoms with Crippen molar-refractivity contribution in [3.63, 3.8) is 0 Å². The summed E-state index contributed by atoms with van der Waals surface area (Å²) in [5.41, 5.74) is 0.765. The summed E-state index contributed by atoms with van der Waals surface area (Å²) in [4.78, 5) is 13.7. The molecule has 108 valence electrons. The van der Waals surface area contributed by atoms with E-state index in [2.05, 4.69) is 12.2 Å². The molecule has 1 unspecified atom stereocenters. The zero-order chi connectivity index (χ0) is 14.5. The number of rotatable bonds is 5. The number of hydrogen-bond acceptors (Lipinski definition) is 2. The lowest BCUT2D eigenvalue weighted by Gasteiger charge is -2.19. The first kappa shape index (κ1) is 14.6. The summed E-state index contributed by atoms with van der Waals surface area (Å²) in [6, 6.07) is 4.78. The van der Waals surface area contributed by atoms with Crippen LogP contribution in [-0.4, -0.2) is 25.0 Å². The molecule has 1 atom stereocenters. The van der Waals surface area contributed by atoms with Crippen molar-refractivity contribution in [3.05, 3.63) is 41.7 Å². The van der Waals surface area contributed by atoms with E-state index in [1.807, 2.05) is 0 Å². The molecular formula is C16H20FNO2. The second kappa shape index (κ2) is 6.55. The van der Waals surface area contributed by atoms with Gasteiger partial charge in [-0.25, -0.2) is 4.39 Å². The summed E-state index contributed by atoms with van der Waals surface area (Å²) < 4.78 is 18.5. The number of methoxy groups -OCH3 is 1. The zero-order valence-electron chi connectivity index (χ0n) is 11.9. The maximum absolute atomic E-state index is 13.6. The van der Waals surface area contributed by atoms with E-state index in [1.54, 1.807) is 24.1 Å². The average molecular weight is 277 g/mol. The fourth-order valence-electron chi connectivity index (χ4n) is 2.42. The van der Waals surface area contributed by atoms with Gasteiger partial charge in [0.05, 0.1) is 7.11 Å². The van der Waals surface area contributed by atoms with Crippen molar-refractivity contribution < 1.29 is 13.9 Å². The Hall–Kier alpha value is -1.84. The van der Waals surface area contributed by atoms with Gasteiger partial charge in [0.2, 0.25) is 5.91 Å². The second-order valence-electron chi connectivity index (χ2n) is 5.19. The van der Waals surface area contributed by atoms with Crippen molar-refractivity contribution in [3.8, 4) is 5.75 Å². The predicted octanol–water partition coefficient (Wildman–Crippen LogP) is 3.15. The number of allylic oxidation sites excluding steroid dienone is 2. The lowest BCUT2D eigenvalue weighted by Crippen LogP contribution is -2.27. The molecule has 0 bridgehead atoms.